The Bertz CT molecular complexity index is 102. The first kappa shape index (κ1) is 22.9. The van der Waals surface area contributed by atoms with Crippen LogP contribution in [0.5, 0.6) is 0 Å². The van der Waals surface area contributed by atoms with Crippen LogP contribution in [0.2, 0.25) is 0 Å². The summed E-state index contributed by atoms with van der Waals surface area (Å²) in [5.41, 5.74) is 0. The molecule has 0 heterocycles. The minimum atomic E-state index is -1.12. The third kappa shape index (κ3) is 44.7. The summed E-state index contributed by atoms with van der Waals surface area (Å²) in [5.74, 6) is 0. The lowest BCUT2D eigenvalue weighted by atomic mass is 10.3. The molecule has 0 aliphatic rings. The van der Waals surface area contributed by atoms with E-state index in [4.69, 9.17) is 25.2 Å². The highest BCUT2D eigenvalue weighted by molar-refractivity contribution is 4.33. The van der Waals surface area contributed by atoms with Crippen molar-refractivity contribution in [1.29, 1.82) is 0 Å². The quantitative estimate of drug-likeness (QED) is 0.393. The molecule has 0 atom stereocenters. The monoisotopic (exact) mass is 268 g/mol. The topological polar surface area (TPSA) is 90.2 Å². The minimum Gasteiger partial charge on any atom is -0.394 e. The van der Waals surface area contributed by atoms with Gasteiger partial charge in [0.2, 0.25) is 0 Å². The molecule has 0 aliphatic carbocycles. The van der Waals surface area contributed by atoms with Gasteiger partial charge in [0, 0.05) is 13.2 Å². The summed E-state index contributed by atoms with van der Waals surface area (Å²) < 4.78 is 5.31. The van der Waals surface area contributed by atoms with Crippen LogP contribution in [0.3, 0.4) is 0 Å². The first-order valence-corrected chi connectivity index (χ1v) is 6.76. The smallest absolute Gasteiger partial charge is 0.151 e. The summed E-state index contributed by atoms with van der Waals surface area (Å²) >= 11 is 0. The van der Waals surface area contributed by atoms with Gasteiger partial charge >= 0.3 is 0 Å². The van der Waals surface area contributed by atoms with Gasteiger partial charge < -0.3 is 25.2 Å². The van der Waals surface area contributed by atoms with Crippen LogP contribution in [0.4, 0.5) is 0 Å². The molecule has 0 rings (SSSR count). The predicted molar refractivity (Wildman–Crippen MR) is 73.3 cm³/mol. The van der Waals surface area contributed by atoms with Crippen LogP contribution < -0.4 is 0 Å². The lowest BCUT2D eigenvalue weighted by Crippen LogP contribution is -1.99. The van der Waals surface area contributed by atoms with E-state index in [-0.39, 0.29) is 13.2 Å². The van der Waals surface area contributed by atoms with Crippen molar-refractivity contribution in [2.24, 2.45) is 0 Å². The summed E-state index contributed by atoms with van der Waals surface area (Å²) in [6.07, 6.45) is 4.21. The first-order valence-electron chi connectivity index (χ1n) is 6.76. The molecular formula is C13H32O5. The molecule has 0 saturated heterocycles. The Hall–Kier alpha value is -0.200. The molecule has 0 unspecified atom stereocenters. The van der Waals surface area contributed by atoms with Crippen LogP contribution in [0.15, 0.2) is 0 Å². The Balaban J connectivity index is -0.000000212. The second-order valence-corrected chi connectivity index (χ2v) is 3.66. The molecule has 0 radical (unpaired) electrons. The molecule has 0 aliphatic heterocycles. The molecule has 4 N–H and O–H groups in total. The summed E-state index contributed by atoms with van der Waals surface area (Å²) in [6.45, 7) is 7.73. The fourth-order valence-electron chi connectivity index (χ4n) is 0.595. The number of aliphatic hydroxyl groups excluding tert-OH is 3. The molecule has 5 nitrogen and oxygen atoms in total. The molecule has 0 aromatic heterocycles. The molecule has 0 amide bonds. The van der Waals surface area contributed by atoms with Crippen molar-refractivity contribution < 1.29 is 25.2 Å². The maximum atomic E-state index is 7.92. The standard InChI is InChI=1S/C8H18O.C3H8O2.C2H6O2/c1-3-5-7-9-8-6-4-2;1-2-3(4)5;3-1-2-4/h3-8H2,1-2H3;3-5H,2H2,1H3;3-4H,1-2H2. The zero-order valence-corrected chi connectivity index (χ0v) is 12.1. The highest BCUT2D eigenvalue weighted by atomic mass is 16.5. The van der Waals surface area contributed by atoms with E-state index < -0.39 is 6.29 Å². The third-order valence-corrected chi connectivity index (χ3v) is 1.75. The largest absolute Gasteiger partial charge is 0.394 e. The highest BCUT2D eigenvalue weighted by Gasteiger charge is 1.84. The second kappa shape index (κ2) is 25.6. The molecule has 0 bridgehead atoms. The number of hydrogen-bond acceptors (Lipinski definition) is 5. The molecule has 0 aromatic carbocycles. The van der Waals surface area contributed by atoms with Crippen molar-refractivity contribution >= 4 is 0 Å². The van der Waals surface area contributed by atoms with Crippen molar-refractivity contribution in [3.8, 4) is 0 Å². The van der Waals surface area contributed by atoms with Gasteiger partial charge in [-0.2, -0.15) is 0 Å². The number of ether oxygens (including phenoxy) is 1. The second-order valence-electron chi connectivity index (χ2n) is 3.66. The van der Waals surface area contributed by atoms with E-state index in [9.17, 15) is 0 Å². The molecule has 18 heavy (non-hydrogen) atoms. The molecular weight excluding hydrogens is 236 g/mol. The van der Waals surface area contributed by atoms with Crippen LogP contribution in [0.1, 0.15) is 52.9 Å². The maximum Gasteiger partial charge on any atom is 0.151 e. The molecule has 0 fully saturated rings. The Morgan fingerprint density at radius 3 is 1.33 bits per heavy atom. The van der Waals surface area contributed by atoms with Gasteiger partial charge in [0.25, 0.3) is 0 Å². The van der Waals surface area contributed by atoms with Crippen molar-refractivity contribution in [1.82, 2.24) is 0 Å². The van der Waals surface area contributed by atoms with Crippen LogP contribution in [-0.2, 0) is 4.74 Å². The van der Waals surface area contributed by atoms with Gasteiger partial charge in [-0.15, -0.1) is 0 Å². The molecule has 114 valence electrons. The fraction of sp³-hybridized carbons (Fsp3) is 1.00. The highest BCUT2D eigenvalue weighted by Crippen LogP contribution is 1.91. The molecule has 0 saturated carbocycles. The van der Waals surface area contributed by atoms with E-state index in [1.807, 2.05) is 0 Å². The molecule has 0 aromatic rings. The number of rotatable bonds is 8. The van der Waals surface area contributed by atoms with E-state index in [1.165, 1.54) is 25.7 Å². The predicted octanol–water partition coefficient (Wildman–Crippen LogP) is 1.28. The Kier molecular flexibility index (Phi) is 32.6. The summed E-state index contributed by atoms with van der Waals surface area (Å²) in [7, 11) is 0. The van der Waals surface area contributed by atoms with Gasteiger partial charge in [0.05, 0.1) is 13.2 Å². The Morgan fingerprint density at radius 1 is 0.833 bits per heavy atom. The lowest BCUT2D eigenvalue weighted by Gasteiger charge is -1.99. The summed E-state index contributed by atoms with van der Waals surface area (Å²) in [6, 6.07) is 0. The number of aliphatic hydroxyl groups is 4. The van der Waals surface area contributed by atoms with Crippen LogP contribution in [-0.4, -0.2) is 53.1 Å². The van der Waals surface area contributed by atoms with Crippen LogP contribution in [0.25, 0.3) is 0 Å². The minimum absolute atomic E-state index is 0.125. The van der Waals surface area contributed by atoms with Crippen molar-refractivity contribution in [3.63, 3.8) is 0 Å². The maximum absolute atomic E-state index is 7.92. The van der Waals surface area contributed by atoms with Crippen LogP contribution >= 0.6 is 0 Å². The zero-order valence-electron chi connectivity index (χ0n) is 12.1. The van der Waals surface area contributed by atoms with Crippen LogP contribution in [0, 0.1) is 0 Å². The van der Waals surface area contributed by atoms with E-state index in [0.29, 0.717) is 6.42 Å². The van der Waals surface area contributed by atoms with Crippen molar-refractivity contribution in [2.75, 3.05) is 26.4 Å². The fourth-order valence-corrected chi connectivity index (χ4v) is 0.595. The van der Waals surface area contributed by atoms with Gasteiger partial charge in [-0.05, 0) is 19.3 Å². The van der Waals surface area contributed by atoms with Gasteiger partial charge in [-0.25, -0.2) is 0 Å². The number of unbranched alkanes of at least 4 members (excludes halogenated alkanes) is 2. The van der Waals surface area contributed by atoms with Gasteiger partial charge in [-0.3, -0.25) is 0 Å². The third-order valence-electron chi connectivity index (χ3n) is 1.75. The normalized spacial score (nSPS) is 9.33. The van der Waals surface area contributed by atoms with Crippen molar-refractivity contribution in [2.45, 2.75) is 59.2 Å². The summed E-state index contributed by atoms with van der Waals surface area (Å²) in [4.78, 5) is 0. The molecule has 5 heteroatoms. The summed E-state index contributed by atoms with van der Waals surface area (Å²) in [5, 5.41) is 31.1. The van der Waals surface area contributed by atoms with E-state index in [1.54, 1.807) is 6.92 Å². The van der Waals surface area contributed by atoms with E-state index in [2.05, 4.69) is 13.8 Å². The Morgan fingerprint density at radius 2 is 1.17 bits per heavy atom. The van der Waals surface area contributed by atoms with E-state index >= 15 is 0 Å². The average molecular weight is 268 g/mol. The first-order chi connectivity index (χ1) is 8.60. The lowest BCUT2D eigenvalue weighted by molar-refractivity contribution is -0.0413. The van der Waals surface area contributed by atoms with Gasteiger partial charge in [0.15, 0.2) is 6.29 Å². The van der Waals surface area contributed by atoms with E-state index in [0.717, 1.165) is 13.2 Å². The average Bonchev–Trinajstić information content (AvgIpc) is 2.39. The van der Waals surface area contributed by atoms with Crippen molar-refractivity contribution in [3.05, 3.63) is 0 Å². The van der Waals surface area contributed by atoms with Gasteiger partial charge in [0.1, 0.15) is 0 Å². The Labute approximate surface area is 111 Å². The zero-order chi connectivity index (χ0) is 14.6. The number of hydrogen-bond donors (Lipinski definition) is 4. The van der Waals surface area contributed by atoms with Gasteiger partial charge in [-0.1, -0.05) is 33.6 Å². The SMILES string of the molecule is CCC(O)O.CCCCOCCCC.OCCO. The molecule has 0 spiro atoms.